The Bertz CT molecular complexity index is 682. The lowest BCUT2D eigenvalue weighted by atomic mass is 9.95. The molecule has 32 heavy (non-hydrogen) atoms. The van der Waals surface area contributed by atoms with E-state index in [4.69, 9.17) is 11.5 Å². The highest BCUT2D eigenvalue weighted by atomic mass is 16.4. The third-order valence-corrected chi connectivity index (χ3v) is 5.36. The number of carbonyl (C=O) groups excluding carboxylic acids is 4. The number of primary amides is 1. The first-order valence-electron chi connectivity index (χ1n) is 10.9. The van der Waals surface area contributed by atoms with Gasteiger partial charge in [0.15, 0.2) is 0 Å². The molecule has 0 aromatic heterocycles. The van der Waals surface area contributed by atoms with Gasteiger partial charge in [0.05, 0.1) is 6.04 Å². The van der Waals surface area contributed by atoms with Crippen molar-refractivity contribution in [3.8, 4) is 0 Å². The fourth-order valence-corrected chi connectivity index (χ4v) is 2.84. The average molecular weight is 458 g/mol. The van der Waals surface area contributed by atoms with Crippen molar-refractivity contribution in [2.45, 2.75) is 85.0 Å². The molecule has 0 aliphatic carbocycles. The summed E-state index contributed by atoms with van der Waals surface area (Å²) >= 11 is 0. The van der Waals surface area contributed by atoms with Gasteiger partial charge < -0.3 is 32.5 Å². The predicted octanol–water partition coefficient (Wildman–Crippen LogP) is -0.524. The number of nitrogens with one attached hydrogen (secondary N) is 3. The molecule has 8 N–H and O–H groups in total. The molecular weight excluding hydrogens is 418 g/mol. The molecule has 0 radical (unpaired) electrons. The summed E-state index contributed by atoms with van der Waals surface area (Å²) in [4.78, 5) is 60.6. The van der Waals surface area contributed by atoms with Crippen molar-refractivity contribution in [1.82, 2.24) is 16.0 Å². The topological polar surface area (TPSA) is 194 Å². The minimum absolute atomic E-state index is 0.127. The summed E-state index contributed by atoms with van der Waals surface area (Å²) in [6, 6.07) is -4.10. The highest BCUT2D eigenvalue weighted by Crippen LogP contribution is 2.12. The SMILES string of the molecule is CCC(C)C(NC(=O)C(N)C(C)C)C(=O)NC(C(=O)NC(CCC(N)=O)C(=O)O)C(C)C. The van der Waals surface area contributed by atoms with E-state index in [1.165, 1.54) is 0 Å². The predicted molar refractivity (Wildman–Crippen MR) is 119 cm³/mol. The number of rotatable bonds is 14. The Labute approximate surface area is 189 Å². The van der Waals surface area contributed by atoms with Crippen molar-refractivity contribution < 1.29 is 29.1 Å². The lowest BCUT2D eigenvalue weighted by Crippen LogP contribution is -2.60. The molecule has 0 aliphatic heterocycles. The quantitative estimate of drug-likeness (QED) is 0.202. The van der Waals surface area contributed by atoms with E-state index in [1.54, 1.807) is 34.6 Å². The van der Waals surface area contributed by atoms with Crippen LogP contribution in [0.5, 0.6) is 0 Å². The molecule has 0 aromatic carbocycles. The first kappa shape index (κ1) is 29.3. The van der Waals surface area contributed by atoms with E-state index in [0.29, 0.717) is 6.42 Å². The summed E-state index contributed by atoms with van der Waals surface area (Å²) in [5.74, 6) is -4.50. The molecule has 0 rings (SSSR count). The normalized spacial score (nSPS) is 15.9. The summed E-state index contributed by atoms with van der Waals surface area (Å²) in [6.45, 7) is 10.6. The molecule has 0 bridgehead atoms. The first-order chi connectivity index (χ1) is 14.7. The number of aliphatic carboxylic acids is 1. The minimum atomic E-state index is -1.33. The Kier molecular flexibility index (Phi) is 12.5. The molecule has 184 valence electrons. The van der Waals surface area contributed by atoms with E-state index in [0.717, 1.165) is 0 Å². The van der Waals surface area contributed by atoms with Gasteiger partial charge in [0.2, 0.25) is 23.6 Å². The zero-order chi connectivity index (χ0) is 25.2. The van der Waals surface area contributed by atoms with Crippen molar-refractivity contribution in [2.75, 3.05) is 0 Å². The Hall–Kier alpha value is -2.69. The van der Waals surface area contributed by atoms with E-state index < -0.39 is 53.8 Å². The van der Waals surface area contributed by atoms with Crippen LogP contribution in [0.15, 0.2) is 0 Å². The smallest absolute Gasteiger partial charge is 0.326 e. The molecule has 0 aliphatic rings. The number of nitrogens with two attached hydrogens (primary N) is 2. The molecule has 5 atom stereocenters. The van der Waals surface area contributed by atoms with Crippen LogP contribution in [0, 0.1) is 17.8 Å². The van der Waals surface area contributed by atoms with E-state index in [1.807, 2.05) is 6.92 Å². The molecule has 11 nitrogen and oxygen atoms in total. The van der Waals surface area contributed by atoms with Gasteiger partial charge in [-0.2, -0.15) is 0 Å². The molecular formula is C21H39N5O6. The van der Waals surface area contributed by atoms with E-state index in [9.17, 15) is 29.1 Å². The number of hydrogen-bond acceptors (Lipinski definition) is 6. The summed E-state index contributed by atoms with van der Waals surface area (Å²) < 4.78 is 0. The van der Waals surface area contributed by atoms with Crippen LogP contribution >= 0.6 is 0 Å². The van der Waals surface area contributed by atoms with Crippen molar-refractivity contribution >= 4 is 29.6 Å². The van der Waals surface area contributed by atoms with Crippen LogP contribution in [-0.2, 0) is 24.0 Å². The van der Waals surface area contributed by atoms with E-state index in [-0.39, 0.29) is 30.6 Å². The van der Waals surface area contributed by atoms with Gasteiger partial charge in [-0.1, -0.05) is 48.0 Å². The zero-order valence-electron chi connectivity index (χ0n) is 19.8. The molecule has 0 saturated heterocycles. The Morgan fingerprint density at radius 2 is 1.31 bits per heavy atom. The van der Waals surface area contributed by atoms with Crippen molar-refractivity contribution in [2.24, 2.45) is 29.2 Å². The number of amides is 4. The second-order valence-electron chi connectivity index (χ2n) is 8.78. The largest absolute Gasteiger partial charge is 0.480 e. The Morgan fingerprint density at radius 1 is 0.812 bits per heavy atom. The molecule has 0 spiro atoms. The number of carboxylic acids is 1. The summed E-state index contributed by atoms with van der Waals surface area (Å²) in [5, 5.41) is 17.0. The maximum atomic E-state index is 13.0. The van der Waals surface area contributed by atoms with Gasteiger partial charge in [-0.3, -0.25) is 19.2 Å². The van der Waals surface area contributed by atoms with Gasteiger partial charge in [0.25, 0.3) is 0 Å². The van der Waals surface area contributed by atoms with Crippen LogP contribution < -0.4 is 27.4 Å². The lowest BCUT2D eigenvalue weighted by molar-refractivity contribution is -0.143. The Balaban J connectivity index is 5.48. The molecule has 0 saturated carbocycles. The van der Waals surface area contributed by atoms with E-state index >= 15 is 0 Å². The molecule has 0 fully saturated rings. The second kappa shape index (κ2) is 13.7. The highest BCUT2D eigenvalue weighted by molar-refractivity contribution is 5.94. The van der Waals surface area contributed by atoms with Gasteiger partial charge in [-0.25, -0.2) is 4.79 Å². The van der Waals surface area contributed by atoms with Crippen LogP contribution in [0.3, 0.4) is 0 Å². The van der Waals surface area contributed by atoms with Gasteiger partial charge in [0.1, 0.15) is 18.1 Å². The first-order valence-corrected chi connectivity index (χ1v) is 10.9. The summed E-state index contributed by atoms with van der Waals surface area (Å²) in [7, 11) is 0. The van der Waals surface area contributed by atoms with Gasteiger partial charge in [0, 0.05) is 6.42 Å². The summed E-state index contributed by atoms with van der Waals surface area (Å²) in [6.07, 6.45) is 0.198. The second-order valence-corrected chi connectivity index (χ2v) is 8.78. The number of carbonyl (C=O) groups is 5. The van der Waals surface area contributed by atoms with Crippen LogP contribution in [0.4, 0.5) is 0 Å². The molecule has 11 heteroatoms. The maximum Gasteiger partial charge on any atom is 0.326 e. The standard InChI is InChI=1S/C21H39N5O6/c1-7-12(6)17(26-18(28)15(23)10(2)3)20(30)25-16(11(4)5)19(29)24-13(21(31)32)8-9-14(22)27/h10-13,15-17H,7-9,23H2,1-6H3,(H2,22,27)(H,24,29)(H,25,30)(H,26,28)(H,31,32). The third kappa shape index (κ3) is 9.63. The number of carboxylic acid groups (broad SMARTS) is 1. The molecule has 0 aromatic rings. The van der Waals surface area contributed by atoms with Crippen LogP contribution in [0.2, 0.25) is 0 Å². The summed E-state index contributed by atoms with van der Waals surface area (Å²) in [5.41, 5.74) is 10.9. The lowest BCUT2D eigenvalue weighted by Gasteiger charge is -2.29. The van der Waals surface area contributed by atoms with Crippen molar-refractivity contribution in [3.05, 3.63) is 0 Å². The fraction of sp³-hybridized carbons (Fsp3) is 0.762. The maximum absolute atomic E-state index is 13.0. The fourth-order valence-electron chi connectivity index (χ4n) is 2.84. The zero-order valence-corrected chi connectivity index (χ0v) is 19.8. The number of hydrogen-bond donors (Lipinski definition) is 6. The van der Waals surface area contributed by atoms with Crippen LogP contribution in [0.1, 0.15) is 60.8 Å². The highest BCUT2D eigenvalue weighted by Gasteiger charge is 2.34. The van der Waals surface area contributed by atoms with Crippen LogP contribution in [-0.4, -0.2) is 58.9 Å². The van der Waals surface area contributed by atoms with Crippen molar-refractivity contribution in [3.63, 3.8) is 0 Å². The van der Waals surface area contributed by atoms with E-state index in [2.05, 4.69) is 16.0 Å². The van der Waals surface area contributed by atoms with Crippen molar-refractivity contribution in [1.29, 1.82) is 0 Å². The van der Waals surface area contributed by atoms with Gasteiger partial charge in [-0.15, -0.1) is 0 Å². The van der Waals surface area contributed by atoms with Crippen LogP contribution in [0.25, 0.3) is 0 Å². The third-order valence-electron chi connectivity index (χ3n) is 5.36. The average Bonchev–Trinajstić information content (AvgIpc) is 2.70. The monoisotopic (exact) mass is 457 g/mol. The molecule has 4 amide bonds. The Morgan fingerprint density at radius 3 is 1.72 bits per heavy atom. The van der Waals surface area contributed by atoms with Gasteiger partial charge >= 0.3 is 5.97 Å². The minimum Gasteiger partial charge on any atom is -0.480 e. The van der Waals surface area contributed by atoms with Gasteiger partial charge in [-0.05, 0) is 24.2 Å². The molecule has 5 unspecified atom stereocenters. The molecule has 0 heterocycles.